The molecule has 0 saturated carbocycles. The summed E-state index contributed by atoms with van der Waals surface area (Å²) in [4.78, 5) is 13.5. The van der Waals surface area contributed by atoms with Crippen LogP contribution in [0.1, 0.15) is 31.9 Å². The molecule has 0 aromatic heterocycles. The normalized spacial score (nSPS) is 15.5. The second-order valence-electron chi connectivity index (χ2n) is 6.06. The van der Waals surface area contributed by atoms with E-state index in [1.54, 1.807) is 31.7 Å². The van der Waals surface area contributed by atoms with E-state index in [2.05, 4.69) is 0 Å². The molecule has 7 heteroatoms. The number of amides is 1. The molecule has 1 aliphatic heterocycles. The average molecular weight is 313 g/mol. The quantitative estimate of drug-likeness (QED) is 0.804. The highest BCUT2D eigenvalue weighted by atomic mass is 32.2. The van der Waals surface area contributed by atoms with Gasteiger partial charge in [0.2, 0.25) is 0 Å². The van der Waals surface area contributed by atoms with Crippen molar-refractivity contribution in [1.82, 2.24) is 4.90 Å². The van der Waals surface area contributed by atoms with Gasteiger partial charge in [-0.15, -0.1) is 0 Å². The Morgan fingerprint density at radius 2 is 1.95 bits per heavy atom. The van der Waals surface area contributed by atoms with Gasteiger partial charge < -0.3 is 9.64 Å². The van der Waals surface area contributed by atoms with Crippen molar-refractivity contribution in [3.8, 4) is 0 Å². The molecule has 2 rings (SSSR count). The summed E-state index contributed by atoms with van der Waals surface area (Å²) in [6.07, 6.45) is 0.143. The maximum Gasteiger partial charge on any atom is 0.410 e. The third-order valence-electron chi connectivity index (χ3n) is 3.14. The Hall–Kier alpha value is -1.60. The third kappa shape index (κ3) is 3.95. The predicted octanol–water partition coefficient (Wildman–Crippen LogP) is 2.23. The molecule has 0 spiro atoms. The third-order valence-corrected chi connectivity index (χ3v) is 3.99. The molecule has 0 fully saturated rings. The molecule has 1 aromatic rings. The van der Waals surface area contributed by atoms with Crippen LogP contribution < -0.4 is 0 Å². The molecule has 0 atom stereocenters. The zero-order valence-corrected chi connectivity index (χ0v) is 13.1. The second kappa shape index (κ2) is 5.31. The number of carbonyl (C=O) groups excluding carboxylic acids is 1. The lowest BCUT2D eigenvalue weighted by Gasteiger charge is -2.31. The first-order valence-electron chi connectivity index (χ1n) is 6.63. The van der Waals surface area contributed by atoms with Gasteiger partial charge in [0.25, 0.3) is 10.1 Å². The molecular weight excluding hydrogens is 294 g/mol. The molecule has 1 N–H and O–H groups in total. The summed E-state index contributed by atoms with van der Waals surface area (Å²) >= 11 is 0. The molecule has 1 aliphatic rings. The minimum atomic E-state index is -4.20. The van der Waals surface area contributed by atoms with Crippen molar-refractivity contribution in [3.63, 3.8) is 0 Å². The molecule has 1 aromatic carbocycles. The molecule has 21 heavy (non-hydrogen) atoms. The smallest absolute Gasteiger partial charge is 0.410 e. The number of hydrogen-bond donors (Lipinski definition) is 1. The van der Waals surface area contributed by atoms with Crippen LogP contribution in [-0.2, 0) is 27.8 Å². The Bertz CT molecular complexity index is 660. The first-order valence-corrected chi connectivity index (χ1v) is 8.07. The van der Waals surface area contributed by atoms with E-state index in [4.69, 9.17) is 9.29 Å². The van der Waals surface area contributed by atoms with Crippen molar-refractivity contribution in [1.29, 1.82) is 0 Å². The lowest BCUT2D eigenvalue weighted by molar-refractivity contribution is 0.0224. The summed E-state index contributed by atoms with van der Waals surface area (Å²) in [6, 6.07) is 4.42. The fourth-order valence-electron chi connectivity index (χ4n) is 2.17. The Kier molecular flexibility index (Phi) is 3.99. The monoisotopic (exact) mass is 313 g/mol. The minimum absolute atomic E-state index is 0.119. The first kappa shape index (κ1) is 15.8. The van der Waals surface area contributed by atoms with Crippen molar-refractivity contribution >= 4 is 16.2 Å². The van der Waals surface area contributed by atoms with Gasteiger partial charge in [-0.25, -0.2) is 4.79 Å². The standard InChI is InChI=1S/C14H19NO5S/c1-14(2,3)20-13(16)15-7-6-10-8-12(21(17,18)19)5-4-11(10)9-15/h4-5,8H,6-7,9H2,1-3H3,(H,17,18,19). The van der Waals surface area contributed by atoms with Gasteiger partial charge in [0.05, 0.1) is 4.90 Å². The fourth-order valence-corrected chi connectivity index (χ4v) is 2.70. The van der Waals surface area contributed by atoms with Crippen LogP contribution in [-0.4, -0.2) is 36.1 Å². The predicted molar refractivity (Wildman–Crippen MR) is 76.6 cm³/mol. The Labute approximate surface area is 124 Å². The maximum atomic E-state index is 12.0. The fraction of sp³-hybridized carbons (Fsp3) is 0.500. The van der Waals surface area contributed by atoms with Crippen LogP contribution in [0.4, 0.5) is 4.79 Å². The van der Waals surface area contributed by atoms with E-state index in [-0.39, 0.29) is 11.0 Å². The molecule has 6 nitrogen and oxygen atoms in total. The van der Waals surface area contributed by atoms with E-state index in [9.17, 15) is 13.2 Å². The number of ether oxygens (including phenoxy) is 1. The van der Waals surface area contributed by atoms with Gasteiger partial charge in [0, 0.05) is 13.1 Å². The summed E-state index contributed by atoms with van der Waals surface area (Å²) in [6.45, 7) is 6.25. The molecule has 116 valence electrons. The summed E-state index contributed by atoms with van der Waals surface area (Å²) in [5.74, 6) is 0. The maximum absolute atomic E-state index is 12.0. The van der Waals surface area contributed by atoms with E-state index >= 15 is 0 Å². The molecule has 0 aliphatic carbocycles. The van der Waals surface area contributed by atoms with Crippen LogP contribution in [0.2, 0.25) is 0 Å². The molecule has 0 radical (unpaired) electrons. The molecule has 0 bridgehead atoms. The second-order valence-corrected chi connectivity index (χ2v) is 7.48. The zero-order chi connectivity index (χ0) is 15.8. The van der Waals surface area contributed by atoms with Crippen molar-refractivity contribution in [2.45, 2.75) is 44.2 Å². The number of carbonyl (C=O) groups is 1. The summed E-state index contributed by atoms with van der Waals surface area (Å²) in [5.41, 5.74) is 1.14. The van der Waals surface area contributed by atoms with Crippen LogP contribution in [0.5, 0.6) is 0 Å². The van der Waals surface area contributed by atoms with Crippen molar-refractivity contribution in [2.75, 3.05) is 6.54 Å². The summed E-state index contributed by atoms with van der Waals surface area (Å²) < 4.78 is 36.6. The van der Waals surface area contributed by atoms with Gasteiger partial charge in [0.1, 0.15) is 5.60 Å². The average Bonchev–Trinajstić information content (AvgIpc) is 2.34. The van der Waals surface area contributed by atoms with E-state index < -0.39 is 15.7 Å². The van der Waals surface area contributed by atoms with E-state index in [1.807, 2.05) is 0 Å². The van der Waals surface area contributed by atoms with Gasteiger partial charge in [-0.2, -0.15) is 8.42 Å². The molecule has 1 heterocycles. The number of fused-ring (bicyclic) bond motifs is 1. The van der Waals surface area contributed by atoms with Gasteiger partial charge in [-0.05, 0) is 50.5 Å². The van der Waals surface area contributed by atoms with E-state index in [0.29, 0.717) is 19.5 Å². The van der Waals surface area contributed by atoms with Crippen molar-refractivity contribution in [3.05, 3.63) is 29.3 Å². The Balaban J connectivity index is 2.17. The molecule has 0 unspecified atom stereocenters. The zero-order valence-electron chi connectivity index (χ0n) is 12.3. The van der Waals surface area contributed by atoms with Crippen LogP contribution in [0, 0.1) is 0 Å². The number of nitrogens with zero attached hydrogens (tertiary/aromatic N) is 1. The van der Waals surface area contributed by atoms with Gasteiger partial charge >= 0.3 is 6.09 Å². The SMILES string of the molecule is CC(C)(C)OC(=O)N1CCc2cc(S(=O)(=O)O)ccc2C1. The highest BCUT2D eigenvalue weighted by Gasteiger charge is 2.26. The summed E-state index contributed by atoms with van der Waals surface area (Å²) in [5, 5.41) is 0. The topological polar surface area (TPSA) is 83.9 Å². The molecule has 1 amide bonds. The van der Waals surface area contributed by atoms with E-state index in [1.165, 1.54) is 12.1 Å². The van der Waals surface area contributed by atoms with Crippen molar-refractivity contribution < 1.29 is 22.5 Å². The van der Waals surface area contributed by atoms with Gasteiger partial charge in [-0.1, -0.05) is 6.07 Å². The Morgan fingerprint density at radius 1 is 1.29 bits per heavy atom. The number of hydrogen-bond acceptors (Lipinski definition) is 4. The largest absolute Gasteiger partial charge is 0.444 e. The van der Waals surface area contributed by atoms with Crippen LogP contribution in [0.3, 0.4) is 0 Å². The lowest BCUT2D eigenvalue weighted by atomic mass is 10.0. The molecule has 0 saturated heterocycles. The first-order chi connectivity index (χ1) is 9.56. The molecular formula is C14H19NO5S. The van der Waals surface area contributed by atoms with Gasteiger partial charge in [-0.3, -0.25) is 4.55 Å². The van der Waals surface area contributed by atoms with Crippen LogP contribution in [0.15, 0.2) is 23.1 Å². The highest BCUT2D eigenvalue weighted by molar-refractivity contribution is 7.85. The number of rotatable bonds is 1. The Morgan fingerprint density at radius 3 is 2.52 bits per heavy atom. The van der Waals surface area contributed by atoms with Crippen LogP contribution >= 0.6 is 0 Å². The number of benzene rings is 1. The van der Waals surface area contributed by atoms with E-state index in [0.717, 1.165) is 11.1 Å². The van der Waals surface area contributed by atoms with Crippen LogP contribution in [0.25, 0.3) is 0 Å². The lowest BCUT2D eigenvalue weighted by Crippen LogP contribution is -2.39. The van der Waals surface area contributed by atoms with Gasteiger partial charge in [0.15, 0.2) is 0 Å². The summed E-state index contributed by atoms with van der Waals surface area (Å²) in [7, 11) is -4.20. The highest BCUT2D eigenvalue weighted by Crippen LogP contribution is 2.23. The minimum Gasteiger partial charge on any atom is -0.444 e. The van der Waals surface area contributed by atoms with Crippen molar-refractivity contribution in [2.24, 2.45) is 0 Å².